The highest BCUT2D eigenvalue weighted by Crippen LogP contribution is 2.30. The molecular formula is C29H26Cl2N4O. The number of halogens is 2. The van der Waals surface area contributed by atoms with Crippen molar-refractivity contribution in [3.8, 4) is 16.9 Å². The van der Waals surface area contributed by atoms with Gasteiger partial charge in [0.05, 0.1) is 21.4 Å². The maximum absolute atomic E-state index is 13.7. The van der Waals surface area contributed by atoms with Gasteiger partial charge >= 0.3 is 0 Å². The van der Waals surface area contributed by atoms with Crippen LogP contribution in [0, 0.1) is 0 Å². The van der Waals surface area contributed by atoms with Crippen molar-refractivity contribution < 1.29 is 4.79 Å². The van der Waals surface area contributed by atoms with Crippen LogP contribution in [-0.2, 0) is 0 Å². The van der Waals surface area contributed by atoms with Crippen LogP contribution in [0.1, 0.15) is 16.1 Å². The van der Waals surface area contributed by atoms with Crippen LogP contribution < -0.4 is 0 Å². The van der Waals surface area contributed by atoms with Crippen molar-refractivity contribution in [1.29, 1.82) is 0 Å². The van der Waals surface area contributed by atoms with E-state index in [1.807, 2.05) is 71.6 Å². The molecule has 1 aromatic heterocycles. The summed E-state index contributed by atoms with van der Waals surface area (Å²) in [5.41, 5.74) is 3.72. The van der Waals surface area contributed by atoms with E-state index < -0.39 is 0 Å². The Labute approximate surface area is 221 Å². The van der Waals surface area contributed by atoms with Gasteiger partial charge in [0.2, 0.25) is 0 Å². The minimum atomic E-state index is -0.0693. The fourth-order valence-electron chi connectivity index (χ4n) is 4.34. The Bertz CT molecular complexity index is 1380. The SMILES string of the molecule is O=C(c1cc(-c2ccccc2Cl)nn1-c1ccccc1Cl)N1CCN(CC=Cc2ccccc2)CC1. The molecule has 182 valence electrons. The molecule has 0 N–H and O–H groups in total. The first-order valence-corrected chi connectivity index (χ1v) is 12.7. The van der Waals surface area contributed by atoms with Crippen LogP contribution in [0.2, 0.25) is 10.0 Å². The first-order valence-electron chi connectivity index (χ1n) is 11.9. The Hall–Kier alpha value is -3.38. The summed E-state index contributed by atoms with van der Waals surface area (Å²) < 4.78 is 1.64. The van der Waals surface area contributed by atoms with Gasteiger partial charge in [0, 0.05) is 38.3 Å². The zero-order valence-electron chi connectivity index (χ0n) is 19.7. The highest BCUT2D eigenvalue weighted by atomic mass is 35.5. The van der Waals surface area contributed by atoms with Crippen LogP contribution in [0.4, 0.5) is 0 Å². The van der Waals surface area contributed by atoms with E-state index in [1.165, 1.54) is 5.56 Å². The predicted molar refractivity (Wildman–Crippen MR) is 147 cm³/mol. The molecule has 0 bridgehead atoms. The van der Waals surface area contributed by atoms with Gasteiger partial charge in [-0.15, -0.1) is 0 Å². The summed E-state index contributed by atoms with van der Waals surface area (Å²) in [5, 5.41) is 5.86. The van der Waals surface area contributed by atoms with Gasteiger partial charge in [0.1, 0.15) is 5.69 Å². The molecule has 1 aliphatic heterocycles. The molecule has 0 unspecified atom stereocenters. The van der Waals surface area contributed by atoms with E-state index in [2.05, 4.69) is 29.2 Å². The predicted octanol–water partition coefficient (Wildman–Crippen LogP) is 6.32. The maximum Gasteiger partial charge on any atom is 0.272 e. The molecule has 7 heteroatoms. The Morgan fingerprint density at radius 3 is 2.22 bits per heavy atom. The largest absolute Gasteiger partial charge is 0.335 e. The topological polar surface area (TPSA) is 41.4 Å². The molecule has 3 aromatic carbocycles. The van der Waals surface area contributed by atoms with Crippen molar-refractivity contribution in [2.24, 2.45) is 0 Å². The molecule has 0 radical (unpaired) electrons. The van der Waals surface area contributed by atoms with Gasteiger partial charge in [-0.2, -0.15) is 5.10 Å². The Kier molecular flexibility index (Phi) is 7.52. The maximum atomic E-state index is 13.7. The third-order valence-electron chi connectivity index (χ3n) is 6.29. The smallest absolute Gasteiger partial charge is 0.272 e. The Balaban J connectivity index is 1.34. The minimum absolute atomic E-state index is 0.0693. The quantitative estimate of drug-likeness (QED) is 0.301. The molecule has 36 heavy (non-hydrogen) atoms. The first-order chi connectivity index (χ1) is 17.6. The zero-order valence-corrected chi connectivity index (χ0v) is 21.2. The van der Waals surface area contributed by atoms with Crippen LogP contribution in [0.15, 0.2) is 91.0 Å². The van der Waals surface area contributed by atoms with Crippen molar-refractivity contribution in [3.05, 3.63) is 112 Å². The average molecular weight is 517 g/mol. The summed E-state index contributed by atoms with van der Waals surface area (Å²) in [7, 11) is 0. The number of piperazine rings is 1. The molecule has 2 heterocycles. The van der Waals surface area contributed by atoms with E-state index in [1.54, 1.807) is 10.7 Å². The van der Waals surface area contributed by atoms with Gasteiger partial charge in [-0.05, 0) is 29.8 Å². The second-order valence-corrected chi connectivity index (χ2v) is 9.48. The first kappa shape index (κ1) is 24.3. The van der Waals surface area contributed by atoms with Gasteiger partial charge in [0.15, 0.2) is 0 Å². The Morgan fingerprint density at radius 2 is 1.50 bits per heavy atom. The third kappa shape index (κ3) is 5.39. The number of nitrogens with zero attached hydrogens (tertiary/aromatic N) is 4. The molecule has 1 fully saturated rings. The fraction of sp³-hybridized carbons (Fsp3) is 0.172. The van der Waals surface area contributed by atoms with E-state index in [0.29, 0.717) is 40.2 Å². The molecule has 0 spiro atoms. The number of amides is 1. The summed E-state index contributed by atoms with van der Waals surface area (Å²) >= 11 is 12.9. The van der Waals surface area contributed by atoms with E-state index in [0.717, 1.165) is 25.2 Å². The van der Waals surface area contributed by atoms with Gasteiger partial charge in [0.25, 0.3) is 5.91 Å². The molecule has 4 aromatic rings. The Morgan fingerprint density at radius 1 is 0.833 bits per heavy atom. The summed E-state index contributed by atoms with van der Waals surface area (Å²) in [6.07, 6.45) is 4.31. The van der Waals surface area contributed by atoms with E-state index in [-0.39, 0.29) is 5.91 Å². The summed E-state index contributed by atoms with van der Waals surface area (Å²) in [5.74, 6) is -0.0693. The highest BCUT2D eigenvalue weighted by molar-refractivity contribution is 6.33. The molecule has 1 saturated heterocycles. The second-order valence-electron chi connectivity index (χ2n) is 8.66. The van der Waals surface area contributed by atoms with Gasteiger partial charge in [-0.3, -0.25) is 9.69 Å². The van der Waals surface area contributed by atoms with Crippen molar-refractivity contribution in [1.82, 2.24) is 19.6 Å². The number of hydrogen-bond acceptors (Lipinski definition) is 3. The van der Waals surface area contributed by atoms with Gasteiger partial charge < -0.3 is 4.90 Å². The van der Waals surface area contributed by atoms with Crippen molar-refractivity contribution in [2.75, 3.05) is 32.7 Å². The molecular weight excluding hydrogens is 491 g/mol. The molecule has 5 rings (SSSR count). The summed E-state index contributed by atoms with van der Waals surface area (Å²) in [4.78, 5) is 17.9. The molecule has 1 amide bonds. The van der Waals surface area contributed by atoms with E-state index in [4.69, 9.17) is 28.3 Å². The highest BCUT2D eigenvalue weighted by Gasteiger charge is 2.27. The second kappa shape index (κ2) is 11.1. The van der Waals surface area contributed by atoms with E-state index >= 15 is 0 Å². The summed E-state index contributed by atoms with van der Waals surface area (Å²) in [6.45, 7) is 3.76. The van der Waals surface area contributed by atoms with Crippen LogP contribution in [0.5, 0.6) is 0 Å². The number of carbonyl (C=O) groups excluding carboxylic acids is 1. The minimum Gasteiger partial charge on any atom is -0.335 e. The number of benzene rings is 3. The van der Waals surface area contributed by atoms with Gasteiger partial charge in [-0.25, -0.2) is 4.68 Å². The number of rotatable bonds is 6. The third-order valence-corrected chi connectivity index (χ3v) is 6.94. The van der Waals surface area contributed by atoms with Gasteiger partial charge in [-0.1, -0.05) is 96.0 Å². The van der Waals surface area contributed by atoms with Crippen molar-refractivity contribution in [2.45, 2.75) is 0 Å². The average Bonchev–Trinajstić information content (AvgIpc) is 3.35. The lowest BCUT2D eigenvalue weighted by atomic mass is 10.1. The molecule has 0 aliphatic carbocycles. The van der Waals surface area contributed by atoms with Crippen LogP contribution >= 0.6 is 23.2 Å². The molecule has 0 saturated carbocycles. The molecule has 0 atom stereocenters. The van der Waals surface area contributed by atoms with Crippen molar-refractivity contribution in [3.63, 3.8) is 0 Å². The number of hydrogen-bond donors (Lipinski definition) is 0. The monoisotopic (exact) mass is 516 g/mol. The molecule has 1 aliphatic rings. The van der Waals surface area contributed by atoms with Crippen LogP contribution in [0.25, 0.3) is 23.0 Å². The zero-order chi connectivity index (χ0) is 24.9. The summed E-state index contributed by atoms with van der Waals surface area (Å²) in [6, 6.07) is 27.0. The standard InChI is InChI=1S/C29H26Cl2N4O/c30-24-13-5-4-12-23(24)26-21-28(35(32-26)27-15-7-6-14-25(27)31)29(36)34-19-17-33(18-20-34)16-8-11-22-9-2-1-3-10-22/h1-15,21H,16-20H2. The van der Waals surface area contributed by atoms with Crippen LogP contribution in [-0.4, -0.2) is 58.2 Å². The lowest BCUT2D eigenvalue weighted by molar-refractivity contribution is 0.0641. The fourth-order valence-corrected chi connectivity index (χ4v) is 4.79. The normalized spacial score (nSPS) is 14.4. The lowest BCUT2D eigenvalue weighted by Crippen LogP contribution is -2.49. The lowest BCUT2D eigenvalue weighted by Gasteiger charge is -2.34. The number of aromatic nitrogens is 2. The molecule has 5 nitrogen and oxygen atoms in total. The van der Waals surface area contributed by atoms with E-state index in [9.17, 15) is 4.79 Å². The number of para-hydroxylation sites is 1. The van der Waals surface area contributed by atoms with Crippen LogP contribution in [0.3, 0.4) is 0 Å². The number of carbonyl (C=O) groups is 1. The van der Waals surface area contributed by atoms with Crippen molar-refractivity contribution >= 4 is 35.2 Å².